The normalized spacial score (nSPS) is 16.3. The molecule has 2 heterocycles. The second kappa shape index (κ2) is 11.9. The van der Waals surface area contributed by atoms with Crippen molar-refractivity contribution in [1.82, 2.24) is 15.1 Å². The minimum absolute atomic E-state index is 0.0406. The number of hydrogen-bond acceptors (Lipinski definition) is 4. The van der Waals surface area contributed by atoms with E-state index in [9.17, 15) is 18.8 Å². The summed E-state index contributed by atoms with van der Waals surface area (Å²) in [6.07, 6.45) is 3.81. The fraction of sp³-hybridized carbons (Fsp3) is 0.444. The van der Waals surface area contributed by atoms with Crippen LogP contribution in [0.1, 0.15) is 53.3 Å². The summed E-state index contributed by atoms with van der Waals surface area (Å²) in [5.41, 5.74) is 2.25. The number of rotatable bonds is 5. The number of anilines is 2. The Morgan fingerprint density at radius 1 is 0.833 bits per heavy atom. The number of hydrogen-bond donors (Lipinski definition) is 2. The molecule has 36 heavy (non-hydrogen) atoms. The highest BCUT2D eigenvalue weighted by molar-refractivity contribution is 6.02. The van der Waals surface area contributed by atoms with Crippen LogP contribution in [0.25, 0.3) is 0 Å². The summed E-state index contributed by atoms with van der Waals surface area (Å²) in [4.78, 5) is 44.4. The Bertz CT molecular complexity index is 1100. The summed E-state index contributed by atoms with van der Waals surface area (Å²) in [7, 11) is 0. The number of carbonyl (C=O) groups excluding carboxylic acids is 3. The molecule has 4 rings (SSSR count). The Balaban J connectivity index is 1.55. The van der Waals surface area contributed by atoms with Crippen molar-refractivity contribution < 1.29 is 18.8 Å². The number of amides is 4. The molecule has 2 fully saturated rings. The molecule has 2 aliphatic rings. The highest BCUT2D eigenvalue weighted by atomic mass is 19.1. The van der Waals surface area contributed by atoms with Crippen LogP contribution in [0.3, 0.4) is 0 Å². The topological polar surface area (TPSA) is 85.0 Å². The molecule has 2 saturated heterocycles. The van der Waals surface area contributed by atoms with Gasteiger partial charge in [-0.2, -0.15) is 0 Å². The first kappa shape index (κ1) is 25.5. The van der Waals surface area contributed by atoms with Crippen LogP contribution < -0.4 is 15.5 Å². The third-order valence-electron chi connectivity index (χ3n) is 6.66. The lowest BCUT2D eigenvalue weighted by atomic mass is 10.1. The van der Waals surface area contributed by atoms with Crippen molar-refractivity contribution in [2.45, 2.75) is 32.6 Å². The number of carbonyl (C=O) groups is 3. The van der Waals surface area contributed by atoms with Crippen molar-refractivity contribution in [1.29, 1.82) is 0 Å². The predicted molar refractivity (Wildman–Crippen MR) is 138 cm³/mol. The fourth-order valence-electron chi connectivity index (χ4n) is 4.83. The van der Waals surface area contributed by atoms with Gasteiger partial charge in [0, 0.05) is 62.8 Å². The maximum atomic E-state index is 13.6. The van der Waals surface area contributed by atoms with E-state index < -0.39 is 5.82 Å². The summed E-state index contributed by atoms with van der Waals surface area (Å²) < 4.78 is 13.6. The van der Waals surface area contributed by atoms with Crippen molar-refractivity contribution in [3.05, 3.63) is 59.4 Å². The number of piperidine rings is 1. The largest absolute Gasteiger partial charge is 0.369 e. The molecule has 0 aromatic heterocycles. The van der Waals surface area contributed by atoms with Crippen molar-refractivity contribution in [3.8, 4) is 0 Å². The summed E-state index contributed by atoms with van der Waals surface area (Å²) in [6, 6.07) is 10.9. The van der Waals surface area contributed by atoms with E-state index in [2.05, 4.69) is 15.5 Å². The highest BCUT2D eigenvalue weighted by Gasteiger charge is 2.26. The molecule has 8 nitrogen and oxygen atoms in total. The van der Waals surface area contributed by atoms with Crippen LogP contribution in [0.5, 0.6) is 0 Å². The van der Waals surface area contributed by atoms with Crippen molar-refractivity contribution in [2.24, 2.45) is 0 Å². The summed E-state index contributed by atoms with van der Waals surface area (Å²) >= 11 is 0. The molecule has 0 radical (unpaired) electrons. The summed E-state index contributed by atoms with van der Waals surface area (Å²) in [5.74, 6) is -0.664. The van der Waals surface area contributed by atoms with Gasteiger partial charge in [-0.3, -0.25) is 9.59 Å². The molecule has 0 aliphatic carbocycles. The van der Waals surface area contributed by atoms with Crippen LogP contribution >= 0.6 is 0 Å². The number of likely N-dealkylation sites (tertiary alicyclic amines) is 1. The number of benzene rings is 2. The minimum atomic E-state index is -0.431. The number of nitrogens with zero attached hydrogens (tertiary/aromatic N) is 3. The number of halogens is 1. The molecule has 0 unspecified atom stereocenters. The van der Waals surface area contributed by atoms with E-state index in [0.29, 0.717) is 49.5 Å². The van der Waals surface area contributed by atoms with Gasteiger partial charge in [0.05, 0.1) is 5.56 Å². The van der Waals surface area contributed by atoms with Crippen LogP contribution in [0, 0.1) is 5.82 Å². The molecule has 0 spiro atoms. The Kier molecular flexibility index (Phi) is 8.40. The molecular weight excluding hydrogens is 461 g/mol. The van der Waals surface area contributed by atoms with E-state index >= 15 is 0 Å². The van der Waals surface area contributed by atoms with Crippen LogP contribution in [0.15, 0.2) is 42.5 Å². The third-order valence-corrected chi connectivity index (χ3v) is 6.66. The first-order valence-electron chi connectivity index (χ1n) is 12.7. The van der Waals surface area contributed by atoms with Gasteiger partial charge in [0.15, 0.2) is 0 Å². The minimum Gasteiger partial charge on any atom is -0.369 e. The van der Waals surface area contributed by atoms with Gasteiger partial charge in [-0.15, -0.1) is 0 Å². The Morgan fingerprint density at radius 3 is 2.33 bits per heavy atom. The molecule has 2 N–H and O–H groups in total. The number of urea groups is 1. The van der Waals surface area contributed by atoms with Crippen molar-refractivity contribution in [3.63, 3.8) is 0 Å². The van der Waals surface area contributed by atoms with E-state index in [0.717, 1.165) is 44.5 Å². The molecular formula is C27H34FN5O3. The van der Waals surface area contributed by atoms with E-state index in [1.807, 2.05) is 17.9 Å². The second-order valence-electron chi connectivity index (χ2n) is 9.21. The molecule has 4 amide bonds. The monoisotopic (exact) mass is 495 g/mol. The molecule has 0 saturated carbocycles. The van der Waals surface area contributed by atoms with Crippen molar-refractivity contribution in [2.75, 3.05) is 56.0 Å². The van der Waals surface area contributed by atoms with E-state index in [1.54, 1.807) is 29.2 Å². The van der Waals surface area contributed by atoms with Gasteiger partial charge < -0.3 is 25.3 Å². The quantitative estimate of drug-likeness (QED) is 0.658. The first-order chi connectivity index (χ1) is 17.5. The van der Waals surface area contributed by atoms with Crippen LogP contribution in [0.2, 0.25) is 0 Å². The lowest BCUT2D eigenvalue weighted by molar-refractivity contribution is 0.0723. The van der Waals surface area contributed by atoms with Gasteiger partial charge in [-0.1, -0.05) is 6.07 Å². The highest BCUT2D eigenvalue weighted by Crippen LogP contribution is 2.28. The maximum absolute atomic E-state index is 13.6. The van der Waals surface area contributed by atoms with Gasteiger partial charge >= 0.3 is 6.03 Å². The molecule has 0 bridgehead atoms. The lowest BCUT2D eigenvalue weighted by Gasteiger charge is -2.30. The molecule has 2 aliphatic heterocycles. The molecule has 2 aromatic rings. The average molecular weight is 496 g/mol. The SMILES string of the molecule is CCNC(=O)Nc1ccc(N2CCCN(C(=O)c3cccc(F)c3)CC2)c(C(=O)N2CCCCC2)c1. The fourth-order valence-corrected chi connectivity index (χ4v) is 4.83. The Hall–Kier alpha value is -3.62. The lowest BCUT2D eigenvalue weighted by Crippen LogP contribution is -2.38. The zero-order valence-corrected chi connectivity index (χ0v) is 20.8. The summed E-state index contributed by atoms with van der Waals surface area (Å²) in [6.45, 7) is 6.03. The smallest absolute Gasteiger partial charge is 0.319 e. The average Bonchev–Trinajstić information content (AvgIpc) is 3.15. The van der Waals surface area contributed by atoms with Gasteiger partial charge in [0.1, 0.15) is 5.82 Å². The van der Waals surface area contributed by atoms with E-state index in [-0.39, 0.29) is 17.8 Å². The standard InChI is InChI=1S/C27H34FN5O3/c1-2-29-27(36)30-22-10-11-24(23(19-22)26(35)32-12-4-3-5-13-32)31-14-7-15-33(17-16-31)25(34)20-8-6-9-21(28)18-20/h6,8-11,18-19H,2-5,7,12-17H2,1H3,(H2,29,30,36). The predicted octanol–water partition coefficient (Wildman–Crippen LogP) is 3.95. The van der Waals surface area contributed by atoms with Gasteiger partial charge in [-0.25, -0.2) is 9.18 Å². The zero-order valence-electron chi connectivity index (χ0n) is 20.8. The zero-order chi connectivity index (χ0) is 25.5. The Labute approximate surface area is 211 Å². The van der Waals surface area contributed by atoms with E-state index in [4.69, 9.17) is 0 Å². The third kappa shape index (κ3) is 6.13. The molecule has 0 atom stereocenters. The second-order valence-corrected chi connectivity index (χ2v) is 9.21. The molecule has 2 aromatic carbocycles. The molecule has 192 valence electrons. The van der Waals surface area contributed by atoms with Crippen LogP contribution in [0.4, 0.5) is 20.6 Å². The first-order valence-corrected chi connectivity index (χ1v) is 12.7. The maximum Gasteiger partial charge on any atom is 0.319 e. The molecule has 9 heteroatoms. The van der Waals surface area contributed by atoms with Gasteiger partial charge in [0.25, 0.3) is 11.8 Å². The van der Waals surface area contributed by atoms with Crippen LogP contribution in [-0.2, 0) is 0 Å². The van der Waals surface area contributed by atoms with Gasteiger partial charge in [0.2, 0.25) is 0 Å². The number of nitrogens with one attached hydrogen (secondary N) is 2. The van der Waals surface area contributed by atoms with Gasteiger partial charge in [-0.05, 0) is 69.0 Å². The van der Waals surface area contributed by atoms with E-state index in [1.165, 1.54) is 12.1 Å². The Morgan fingerprint density at radius 2 is 1.58 bits per heavy atom. The van der Waals surface area contributed by atoms with Crippen LogP contribution in [-0.4, -0.2) is 73.5 Å². The summed E-state index contributed by atoms with van der Waals surface area (Å²) in [5, 5.41) is 5.51. The van der Waals surface area contributed by atoms with Crippen molar-refractivity contribution >= 4 is 29.2 Å².